The molecule has 106 valence electrons. The van der Waals surface area contributed by atoms with E-state index >= 15 is 0 Å². The molecule has 0 aromatic heterocycles. The summed E-state index contributed by atoms with van der Waals surface area (Å²) < 4.78 is 44.1. The fourth-order valence-electron chi connectivity index (χ4n) is 1.47. The summed E-state index contributed by atoms with van der Waals surface area (Å²) in [7, 11) is -2.92. The predicted molar refractivity (Wildman–Crippen MR) is 67.3 cm³/mol. The molecule has 0 amide bonds. The van der Waals surface area contributed by atoms with Crippen molar-refractivity contribution in [2.45, 2.75) is 24.8 Å². The molecule has 1 rings (SSSR count). The Hall–Kier alpha value is -1.67. The van der Waals surface area contributed by atoms with Gasteiger partial charge in [-0.25, -0.2) is 12.8 Å². The van der Waals surface area contributed by atoms with Gasteiger partial charge in [-0.05, 0) is 26.0 Å². The number of hydrogen-bond donors (Lipinski definition) is 2. The highest BCUT2D eigenvalue weighted by molar-refractivity contribution is 7.89. The minimum Gasteiger partial charge on any atom is -0.468 e. The van der Waals surface area contributed by atoms with Gasteiger partial charge in [-0.2, -0.15) is 4.72 Å². The van der Waals surface area contributed by atoms with E-state index in [0.717, 1.165) is 19.2 Å². The fourth-order valence-corrected chi connectivity index (χ4v) is 2.95. The quantitative estimate of drug-likeness (QED) is 0.623. The molecule has 3 N–H and O–H groups in total. The second-order valence-electron chi connectivity index (χ2n) is 3.99. The molecular formula is C11H15FN2O4S. The zero-order valence-electron chi connectivity index (χ0n) is 10.7. The zero-order valence-corrected chi connectivity index (χ0v) is 11.5. The van der Waals surface area contributed by atoms with Crippen LogP contribution in [0.25, 0.3) is 0 Å². The first kappa shape index (κ1) is 15.4. The lowest BCUT2D eigenvalue weighted by Crippen LogP contribution is -2.39. The second kappa shape index (κ2) is 5.54. The molecule has 0 saturated carbocycles. The van der Waals surface area contributed by atoms with E-state index in [1.54, 1.807) is 0 Å². The minimum atomic E-state index is -4.06. The molecule has 0 radical (unpaired) electrons. The number of halogens is 1. The lowest BCUT2D eigenvalue weighted by Gasteiger charge is -2.14. The summed E-state index contributed by atoms with van der Waals surface area (Å²) in [6, 6.07) is 1.07. The molecule has 0 bridgehead atoms. The SMILES string of the molecule is COC(=O)C(C)NS(=O)(=O)c1cc(N)cc(F)c1C. The third-order valence-electron chi connectivity index (χ3n) is 2.50. The van der Waals surface area contributed by atoms with Crippen LogP contribution in [0.15, 0.2) is 17.0 Å². The van der Waals surface area contributed by atoms with Crippen LogP contribution in [0.2, 0.25) is 0 Å². The fraction of sp³-hybridized carbons (Fsp3) is 0.364. The van der Waals surface area contributed by atoms with Crippen LogP contribution in [0.5, 0.6) is 0 Å². The molecule has 1 aromatic rings. The standard InChI is InChI=1S/C11H15FN2O4S/c1-6-9(12)4-8(13)5-10(6)19(16,17)14-7(2)11(15)18-3/h4-5,7,14H,13H2,1-3H3. The second-order valence-corrected chi connectivity index (χ2v) is 5.67. The van der Waals surface area contributed by atoms with Gasteiger partial charge in [-0.3, -0.25) is 4.79 Å². The Morgan fingerprint density at radius 2 is 2.05 bits per heavy atom. The number of carbonyl (C=O) groups is 1. The summed E-state index contributed by atoms with van der Waals surface area (Å²) in [5.74, 6) is -1.48. The number of nitrogen functional groups attached to an aromatic ring is 1. The third-order valence-corrected chi connectivity index (χ3v) is 4.16. The van der Waals surface area contributed by atoms with Crippen molar-refractivity contribution < 1.29 is 22.3 Å². The number of nitrogens with two attached hydrogens (primary N) is 1. The van der Waals surface area contributed by atoms with Gasteiger partial charge in [-0.1, -0.05) is 0 Å². The molecule has 1 unspecified atom stereocenters. The van der Waals surface area contributed by atoms with Crippen molar-refractivity contribution in [1.82, 2.24) is 4.72 Å². The lowest BCUT2D eigenvalue weighted by atomic mass is 10.2. The first-order chi connectivity index (χ1) is 8.69. The first-order valence-electron chi connectivity index (χ1n) is 5.35. The molecule has 0 spiro atoms. The third kappa shape index (κ3) is 3.42. The molecule has 0 aliphatic heterocycles. The summed E-state index contributed by atoms with van der Waals surface area (Å²) in [6.45, 7) is 2.63. The summed E-state index contributed by atoms with van der Waals surface area (Å²) in [5.41, 5.74) is 5.33. The molecule has 6 nitrogen and oxygen atoms in total. The molecule has 8 heteroatoms. The van der Waals surface area contributed by atoms with Crippen LogP contribution in [0.4, 0.5) is 10.1 Å². The molecular weight excluding hydrogens is 275 g/mol. The van der Waals surface area contributed by atoms with E-state index in [1.807, 2.05) is 0 Å². The number of carbonyl (C=O) groups excluding carboxylic acids is 1. The monoisotopic (exact) mass is 290 g/mol. The van der Waals surface area contributed by atoms with Gasteiger partial charge in [-0.15, -0.1) is 0 Å². The van der Waals surface area contributed by atoms with Crippen molar-refractivity contribution >= 4 is 21.7 Å². The topological polar surface area (TPSA) is 98.5 Å². The maximum absolute atomic E-state index is 13.5. The van der Waals surface area contributed by atoms with Crippen molar-refractivity contribution in [3.8, 4) is 0 Å². The van der Waals surface area contributed by atoms with Crippen LogP contribution < -0.4 is 10.5 Å². The summed E-state index contributed by atoms with van der Waals surface area (Å²) in [4.78, 5) is 10.9. The first-order valence-corrected chi connectivity index (χ1v) is 6.83. The van der Waals surface area contributed by atoms with Crippen LogP contribution in [-0.4, -0.2) is 27.5 Å². The van der Waals surface area contributed by atoms with Gasteiger partial charge in [0.25, 0.3) is 0 Å². The summed E-state index contributed by atoms with van der Waals surface area (Å²) in [5, 5.41) is 0. The molecule has 1 atom stereocenters. The lowest BCUT2D eigenvalue weighted by molar-refractivity contribution is -0.142. The van der Waals surface area contributed by atoms with Crippen molar-refractivity contribution in [2.24, 2.45) is 0 Å². The highest BCUT2D eigenvalue weighted by Crippen LogP contribution is 2.21. The van der Waals surface area contributed by atoms with Crippen molar-refractivity contribution in [2.75, 3.05) is 12.8 Å². The van der Waals surface area contributed by atoms with Gasteiger partial charge in [0.2, 0.25) is 10.0 Å². The largest absolute Gasteiger partial charge is 0.468 e. The Balaban J connectivity index is 3.18. The smallest absolute Gasteiger partial charge is 0.323 e. The number of esters is 1. The van der Waals surface area contributed by atoms with E-state index in [0.29, 0.717) is 0 Å². The zero-order chi connectivity index (χ0) is 14.8. The molecule has 0 aliphatic rings. The van der Waals surface area contributed by atoms with E-state index in [-0.39, 0.29) is 16.1 Å². The Kier molecular flexibility index (Phi) is 4.48. The van der Waals surface area contributed by atoms with Crippen molar-refractivity contribution in [3.63, 3.8) is 0 Å². The van der Waals surface area contributed by atoms with Crippen LogP contribution in [0, 0.1) is 12.7 Å². The van der Waals surface area contributed by atoms with Gasteiger partial charge >= 0.3 is 5.97 Å². The predicted octanol–water partition coefficient (Wildman–Crippen LogP) is 0.556. The Bertz CT molecular complexity index is 601. The number of hydrogen-bond acceptors (Lipinski definition) is 5. The number of methoxy groups -OCH3 is 1. The van der Waals surface area contributed by atoms with Gasteiger partial charge < -0.3 is 10.5 Å². The van der Waals surface area contributed by atoms with Gasteiger partial charge in [0.05, 0.1) is 12.0 Å². The number of nitrogens with one attached hydrogen (secondary N) is 1. The van der Waals surface area contributed by atoms with Crippen LogP contribution in [0.1, 0.15) is 12.5 Å². The highest BCUT2D eigenvalue weighted by Gasteiger charge is 2.25. The number of anilines is 1. The maximum atomic E-state index is 13.5. The average molecular weight is 290 g/mol. The Labute approximate surface area is 110 Å². The van der Waals surface area contributed by atoms with E-state index in [1.165, 1.54) is 13.8 Å². The Morgan fingerprint density at radius 3 is 2.58 bits per heavy atom. The number of sulfonamides is 1. The molecule has 0 heterocycles. The highest BCUT2D eigenvalue weighted by atomic mass is 32.2. The van der Waals surface area contributed by atoms with Crippen LogP contribution in [0.3, 0.4) is 0 Å². The van der Waals surface area contributed by atoms with Crippen LogP contribution in [-0.2, 0) is 19.6 Å². The number of rotatable bonds is 4. The minimum absolute atomic E-state index is 0.0193. The normalized spacial score (nSPS) is 13.1. The van der Waals surface area contributed by atoms with Crippen LogP contribution >= 0.6 is 0 Å². The van der Waals surface area contributed by atoms with Gasteiger partial charge in [0, 0.05) is 11.3 Å². The molecule has 1 aromatic carbocycles. The summed E-state index contributed by atoms with van der Waals surface area (Å²) in [6.07, 6.45) is 0. The van der Waals surface area contributed by atoms with Crippen molar-refractivity contribution in [3.05, 3.63) is 23.5 Å². The van der Waals surface area contributed by atoms with E-state index < -0.39 is 27.9 Å². The molecule has 0 saturated heterocycles. The van der Waals surface area contributed by atoms with Crippen molar-refractivity contribution in [1.29, 1.82) is 0 Å². The van der Waals surface area contributed by atoms with E-state index in [2.05, 4.69) is 9.46 Å². The number of benzene rings is 1. The van der Waals surface area contributed by atoms with E-state index in [4.69, 9.17) is 5.73 Å². The van der Waals surface area contributed by atoms with E-state index in [9.17, 15) is 17.6 Å². The molecule has 0 aliphatic carbocycles. The number of ether oxygens (including phenoxy) is 1. The van der Waals surface area contributed by atoms with Gasteiger partial charge in [0.15, 0.2) is 0 Å². The van der Waals surface area contributed by atoms with Gasteiger partial charge in [0.1, 0.15) is 11.9 Å². The average Bonchev–Trinajstić information content (AvgIpc) is 2.31. The maximum Gasteiger partial charge on any atom is 0.323 e. The Morgan fingerprint density at radius 1 is 1.47 bits per heavy atom. The molecule has 19 heavy (non-hydrogen) atoms. The molecule has 0 fully saturated rings. The summed E-state index contributed by atoms with van der Waals surface area (Å²) >= 11 is 0.